The summed E-state index contributed by atoms with van der Waals surface area (Å²) in [6.07, 6.45) is 13.7. The van der Waals surface area contributed by atoms with E-state index in [1.54, 1.807) is 6.07 Å². The lowest BCUT2D eigenvalue weighted by molar-refractivity contribution is -0.0748. The second-order valence-electron chi connectivity index (χ2n) is 13.1. The number of nitriles is 1. The van der Waals surface area contributed by atoms with Crippen LogP contribution in [0.3, 0.4) is 0 Å². The van der Waals surface area contributed by atoms with Crippen molar-refractivity contribution in [1.82, 2.24) is 4.90 Å². The first-order valence-electron chi connectivity index (χ1n) is 14.2. The van der Waals surface area contributed by atoms with E-state index in [1.807, 2.05) is 12.1 Å². The Morgan fingerprint density at radius 1 is 1.06 bits per heavy atom. The number of hydrogen-bond acceptors (Lipinski definition) is 2. The fourth-order valence-electron chi connectivity index (χ4n) is 10.1. The monoisotopic (exact) mass is 458 g/mol. The van der Waals surface area contributed by atoms with Gasteiger partial charge in [0.1, 0.15) is 0 Å². The molecular weight excluding hydrogens is 416 g/mol. The lowest BCUT2D eigenvalue weighted by atomic mass is 9.49. The van der Waals surface area contributed by atoms with Crippen LogP contribution in [-0.4, -0.2) is 23.4 Å². The number of rotatable bonds is 2. The van der Waals surface area contributed by atoms with Gasteiger partial charge in [0, 0.05) is 18.2 Å². The van der Waals surface area contributed by atoms with Gasteiger partial charge < -0.3 is 4.90 Å². The molecule has 0 aromatic heterocycles. The van der Waals surface area contributed by atoms with Gasteiger partial charge in [-0.3, -0.25) is 4.79 Å². The van der Waals surface area contributed by atoms with Crippen LogP contribution in [0, 0.1) is 58.2 Å². The normalized spacial score (nSPS) is 42.1. The number of benzene rings is 1. The van der Waals surface area contributed by atoms with Crippen molar-refractivity contribution in [3.05, 3.63) is 34.9 Å². The van der Waals surface area contributed by atoms with Crippen molar-refractivity contribution in [3.8, 4) is 6.07 Å². The van der Waals surface area contributed by atoms with Crippen LogP contribution in [-0.2, 0) is 6.42 Å². The quantitative estimate of drug-likeness (QED) is 0.486. The Morgan fingerprint density at radius 3 is 2.71 bits per heavy atom. The summed E-state index contributed by atoms with van der Waals surface area (Å²) in [7, 11) is 0. The molecule has 9 unspecified atom stereocenters. The molecule has 9 atom stereocenters. The van der Waals surface area contributed by atoms with Gasteiger partial charge in [-0.25, -0.2) is 0 Å². The highest BCUT2D eigenvalue weighted by molar-refractivity contribution is 5.97. The molecule has 0 spiro atoms. The molecule has 0 saturated heterocycles. The van der Waals surface area contributed by atoms with Gasteiger partial charge >= 0.3 is 0 Å². The molecule has 4 saturated carbocycles. The van der Waals surface area contributed by atoms with Crippen LogP contribution >= 0.6 is 0 Å². The molecule has 1 aromatic carbocycles. The summed E-state index contributed by atoms with van der Waals surface area (Å²) in [5.41, 5.74) is 2.94. The maximum Gasteiger partial charge on any atom is 0.254 e. The third-order valence-corrected chi connectivity index (χ3v) is 11.7. The Kier molecular flexibility index (Phi) is 5.58. The molecule has 0 N–H and O–H groups in total. The molecule has 3 heteroatoms. The third-order valence-electron chi connectivity index (χ3n) is 11.7. The van der Waals surface area contributed by atoms with Crippen LogP contribution in [0.15, 0.2) is 18.2 Å². The summed E-state index contributed by atoms with van der Waals surface area (Å²) >= 11 is 0. The zero-order chi connectivity index (χ0) is 23.6. The van der Waals surface area contributed by atoms with Crippen molar-refractivity contribution in [2.45, 2.75) is 91.0 Å². The summed E-state index contributed by atoms with van der Waals surface area (Å²) in [6.45, 7) is 8.23. The SMILES string of the molecule is CC1CCC2C(CCC3C2CCC2(C)C3CCC2C(C)N2CCc3cc(C#N)ccc3C2=O)C1. The molecule has 1 aromatic rings. The number of fused-ring (bicyclic) bond motifs is 6. The minimum absolute atomic E-state index is 0.191. The first-order valence-corrected chi connectivity index (χ1v) is 14.2. The number of carbonyl (C=O) groups is 1. The first kappa shape index (κ1) is 22.6. The largest absolute Gasteiger partial charge is 0.335 e. The predicted octanol–water partition coefficient (Wildman–Crippen LogP) is 6.85. The van der Waals surface area contributed by atoms with E-state index in [2.05, 4.69) is 31.7 Å². The molecule has 0 radical (unpaired) electrons. The van der Waals surface area contributed by atoms with Gasteiger partial charge in [-0.1, -0.05) is 20.3 Å². The van der Waals surface area contributed by atoms with Crippen LogP contribution < -0.4 is 0 Å². The van der Waals surface area contributed by atoms with Crippen LogP contribution in [0.4, 0.5) is 0 Å². The van der Waals surface area contributed by atoms with Crippen molar-refractivity contribution >= 4 is 5.91 Å². The molecule has 5 aliphatic rings. The predicted molar refractivity (Wildman–Crippen MR) is 135 cm³/mol. The molecule has 4 aliphatic carbocycles. The van der Waals surface area contributed by atoms with Crippen LogP contribution in [0.1, 0.15) is 100 Å². The van der Waals surface area contributed by atoms with Gasteiger partial charge in [0.05, 0.1) is 11.6 Å². The summed E-state index contributed by atoms with van der Waals surface area (Å²) in [4.78, 5) is 15.7. The average Bonchev–Trinajstić information content (AvgIpc) is 3.20. The summed E-state index contributed by atoms with van der Waals surface area (Å²) < 4.78 is 0. The molecule has 0 bridgehead atoms. The van der Waals surface area contributed by atoms with Crippen LogP contribution in [0.25, 0.3) is 0 Å². The van der Waals surface area contributed by atoms with Gasteiger partial charge in [-0.2, -0.15) is 5.26 Å². The van der Waals surface area contributed by atoms with Crippen molar-refractivity contribution in [2.75, 3.05) is 6.54 Å². The van der Waals surface area contributed by atoms with Crippen molar-refractivity contribution in [3.63, 3.8) is 0 Å². The number of hydrogen-bond donors (Lipinski definition) is 0. The first-order chi connectivity index (χ1) is 16.4. The van der Waals surface area contributed by atoms with E-state index in [9.17, 15) is 10.1 Å². The van der Waals surface area contributed by atoms with E-state index in [-0.39, 0.29) is 5.91 Å². The van der Waals surface area contributed by atoms with Crippen molar-refractivity contribution < 1.29 is 4.79 Å². The minimum atomic E-state index is 0.191. The zero-order valence-corrected chi connectivity index (χ0v) is 21.4. The lowest BCUT2D eigenvalue weighted by Gasteiger charge is -2.57. The van der Waals surface area contributed by atoms with Crippen LogP contribution in [0.5, 0.6) is 0 Å². The van der Waals surface area contributed by atoms with E-state index in [0.717, 1.165) is 59.6 Å². The highest BCUT2D eigenvalue weighted by Crippen LogP contribution is 2.65. The molecule has 3 nitrogen and oxygen atoms in total. The minimum Gasteiger partial charge on any atom is -0.335 e. The fourth-order valence-corrected chi connectivity index (χ4v) is 10.1. The van der Waals surface area contributed by atoms with Gasteiger partial charge in [-0.05, 0) is 135 Å². The van der Waals surface area contributed by atoms with Crippen molar-refractivity contribution in [1.29, 1.82) is 5.26 Å². The Labute approximate surface area is 206 Å². The average molecular weight is 459 g/mol. The Balaban J connectivity index is 1.20. The maximum absolute atomic E-state index is 13.5. The van der Waals surface area contributed by atoms with Crippen LogP contribution in [0.2, 0.25) is 0 Å². The van der Waals surface area contributed by atoms with E-state index in [1.165, 1.54) is 57.8 Å². The standard InChI is InChI=1S/C31H42N2O/c1-19-4-7-24-22(16-19)6-9-27-26(24)12-14-31(3)28(10-11-29(27)31)20(2)33-15-13-23-17-21(18-32)5-8-25(23)30(33)34/h5,8,17,19-20,22,24,26-29H,4,6-7,9-16H2,1-3H3. The second-order valence-corrected chi connectivity index (χ2v) is 13.1. The summed E-state index contributed by atoms with van der Waals surface area (Å²) in [5, 5.41) is 9.24. The van der Waals surface area contributed by atoms with Gasteiger partial charge in [0.25, 0.3) is 5.91 Å². The van der Waals surface area contributed by atoms with E-state index in [4.69, 9.17) is 0 Å². The zero-order valence-electron chi connectivity index (χ0n) is 21.4. The fraction of sp³-hybridized carbons (Fsp3) is 0.742. The highest BCUT2D eigenvalue weighted by Gasteiger charge is 2.58. The number of carbonyl (C=O) groups excluding carboxylic acids is 1. The van der Waals surface area contributed by atoms with Crippen molar-refractivity contribution in [2.24, 2.45) is 46.8 Å². The van der Waals surface area contributed by atoms with Gasteiger partial charge in [-0.15, -0.1) is 0 Å². The summed E-state index contributed by atoms with van der Waals surface area (Å²) in [6, 6.07) is 8.15. The number of amides is 1. The second kappa shape index (κ2) is 8.39. The highest BCUT2D eigenvalue weighted by atomic mass is 16.2. The lowest BCUT2D eigenvalue weighted by Crippen LogP contribution is -2.53. The summed E-state index contributed by atoms with van der Waals surface area (Å²) in [5.74, 6) is 6.56. The molecule has 6 rings (SSSR count). The maximum atomic E-state index is 13.5. The third kappa shape index (κ3) is 3.38. The Hall–Kier alpha value is -1.82. The van der Waals surface area contributed by atoms with E-state index >= 15 is 0 Å². The molecule has 1 amide bonds. The Morgan fingerprint density at radius 2 is 1.88 bits per heavy atom. The molecule has 1 aliphatic heterocycles. The molecule has 1 heterocycles. The van der Waals surface area contributed by atoms with E-state index in [0.29, 0.717) is 22.9 Å². The smallest absolute Gasteiger partial charge is 0.254 e. The van der Waals surface area contributed by atoms with Gasteiger partial charge in [0.2, 0.25) is 0 Å². The molecular formula is C31H42N2O. The molecule has 182 valence electrons. The number of nitrogens with zero attached hydrogens (tertiary/aromatic N) is 2. The Bertz CT molecular complexity index is 1010. The molecule has 4 fully saturated rings. The molecule has 34 heavy (non-hydrogen) atoms. The van der Waals surface area contributed by atoms with Gasteiger partial charge in [0.15, 0.2) is 0 Å². The topological polar surface area (TPSA) is 44.1 Å². The van der Waals surface area contributed by atoms with E-state index < -0.39 is 0 Å².